The third-order valence-corrected chi connectivity index (χ3v) is 12.4. The van der Waals surface area contributed by atoms with E-state index in [0.29, 0.717) is 0 Å². The number of para-hydroxylation sites is 5. The summed E-state index contributed by atoms with van der Waals surface area (Å²) in [6.07, 6.45) is 0. The molecule has 1 aromatic heterocycles. The van der Waals surface area contributed by atoms with Crippen LogP contribution in [0.1, 0.15) is 22.3 Å². The minimum Gasteiger partial charge on any atom is -0.309 e. The number of fused-ring (bicyclic) bond motifs is 12. The minimum absolute atomic E-state index is 0.425. The van der Waals surface area contributed by atoms with Crippen molar-refractivity contribution in [3.05, 3.63) is 241 Å². The molecule has 9 aromatic carbocycles. The van der Waals surface area contributed by atoms with Crippen molar-refractivity contribution < 1.29 is 0 Å². The smallest absolute Gasteiger partial charge is 0.0754 e. The van der Waals surface area contributed by atoms with Crippen LogP contribution in [0.3, 0.4) is 0 Å². The average molecular weight is 725 g/mol. The van der Waals surface area contributed by atoms with E-state index in [1.165, 1.54) is 83.1 Å². The first kappa shape index (κ1) is 31.9. The molecule has 1 aliphatic heterocycles. The Balaban J connectivity index is 1.11. The zero-order valence-corrected chi connectivity index (χ0v) is 31.2. The molecule has 1 aliphatic carbocycles. The van der Waals surface area contributed by atoms with Crippen LogP contribution >= 0.6 is 0 Å². The van der Waals surface area contributed by atoms with Crippen molar-refractivity contribution in [3.63, 3.8) is 0 Å². The van der Waals surface area contributed by atoms with Gasteiger partial charge in [0.1, 0.15) is 0 Å². The molecule has 0 bridgehead atoms. The van der Waals surface area contributed by atoms with Gasteiger partial charge >= 0.3 is 0 Å². The number of hydrogen-bond donors (Lipinski definition) is 0. The summed E-state index contributed by atoms with van der Waals surface area (Å²) in [6, 6.07) is 80.3. The second-order valence-corrected chi connectivity index (χ2v) is 15.2. The average Bonchev–Trinajstić information content (AvgIpc) is 3.78. The molecule has 0 fully saturated rings. The molecule has 2 heterocycles. The standard InChI is InChI=1S/C55H36N2/c1-3-18-37(19-4-1)40-22-9-14-31-50(40)56(39-20-5-2-6-21-39)51-32-15-10-23-41(51)38-34-35-52-45(36-38)44-26-17-30-49-54(44)57(52)53-33-16-13-29-48(53)55(49)46-27-11-7-24-42(46)43-25-8-12-28-47(43)55/h1-36H. The maximum absolute atomic E-state index is 2.53. The molecule has 0 atom stereocenters. The van der Waals surface area contributed by atoms with E-state index in [9.17, 15) is 0 Å². The van der Waals surface area contributed by atoms with Crippen LogP contribution in [0.15, 0.2) is 218 Å². The van der Waals surface area contributed by atoms with Gasteiger partial charge in [0, 0.05) is 27.6 Å². The molecule has 10 aromatic rings. The van der Waals surface area contributed by atoms with Gasteiger partial charge in [0.15, 0.2) is 0 Å². The summed E-state index contributed by atoms with van der Waals surface area (Å²) in [5.41, 5.74) is 19.4. The molecular weight excluding hydrogens is 689 g/mol. The van der Waals surface area contributed by atoms with Crippen molar-refractivity contribution in [3.8, 4) is 39.1 Å². The zero-order chi connectivity index (χ0) is 37.5. The molecule has 1 spiro atoms. The lowest BCUT2D eigenvalue weighted by Crippen LogP contribution is -2.33. The summed E-state index contributed by atoms with van der Waals surface area (Å²) < 4.78 is 2.53. The molecule has 0 amide bonds. The molecular formula is C55H36N2. The second-order valence-electron chi connectivity index (χ2n) is 15.2. The highest BCUT2D eigenvalue weighted by atomic mass is 15.1. The molecule has 57 heavy (non-hydrogen) atoms. The summed E-state index contributed by atoms with van der Waals surface area (Å²) in [6.45, 7) is 0. The predicted octanol–water partition coefficient (Wildman–Crippen LogP) is 14.3. The quantitative estimate of drug-likeness (QED) is 0.172. The first-order valence-electron chi connectivity index (χ1n) is 19.8. The summed E-state index contributed by atoms with van der Waals surface area (Å²) >= 11 is 0. The highest BCUT2D eigenvalue weighted by Crippen LogP contribution is 2.61. The fourth-order valence-corrected chi connectivity index (χ4v) is 10.2. The van der Waals surface area contributed by atoms with Gasteiger partial charge in [-0.05, 0) is 87.0 Å². The lowest BCUT2D eigenvalue weighted by Gasteiger charge is -2.39. The molecule has 0 saturated carbocycles. The zero-order valence-electron chi connectivity index (χ0n) is 31.2. The Morgan fingerprint density at radius 2 is 0.877 bits per heavy atom. The Labute approximate surface area is 332 Å². The summed E-state index contributed by atoms with van der Waals surface area (Å²) in [4.78, 5) is 2.42. The van der Waals surface area contributed by atoms with Crippen LogP contribution in [0.4, 0.5) is 17.1 Å². The monoisotopic (exact) mass is 724 g/mol. The van der Waals surface area contributed by atoms with Gasteiger partial charge in [-0.1, -0.05) is 176 Å². The molecule has 2 heteroatoms. The maximum atomic E-state index is 2.53. The van der Waals surface area contributed by atoms with Gasteiger partial charge in [0.25, 0.3) is 0 Å². The highest BCUT2D eigenvalue weighted by molar-refractivity contribution is 6.14. The molecule has 2 nitrogen and oxygen atoms in total. The molecule has 0 N–H and O–H groups in total. The van der Waals surface area contributed by atoms with Crippen molar-refractivity contribution in [1.82, 2.24) is 4.57 Å². The third kappa shape index (κ3) is 4.41. The minimum atomic E-state index is -0.425. The van der Waals surface area contributed by atoms with Gasteiger partial charge in [0.05, 0.1) is 33.5 Å². The van der Waals surface area contributed by atoms with Crippen molar-refractivity contribution >= 4 is 38.9 Å². The van der Waals surface area contributed by atoms with Crippen molar-refractivity contribution in [2.75, 3.05) is 4.90 Å². The molecule has 12 rings (SSSR count). The van der Waals surface area contributed by atoms with Gasteiger partial charge in [-0.2, -0.15) is 0 Å². The summed E-state index contributed by atoms with van der Waals surface area (Å²) in [5.74, 6) is 0. The van der Waals surface area contributed by atoms with E-state index < -0.39 is 5.41 Å². The van der Waals surface area contributed by atoms with Crippen molar-refractivity contribution in [1.29, 1.82) is 0 Å². The SMILES string of the molecule is c1ccc(-c2ccccc2N(c2ccccc2)c2ccccc2-c2ccc3c(c2)c2cccc4c2n3-c2ccccc2C42c3ccccc3-c3ccccc32)cc1. The highest BCUT2D eigenvalue weighted by Gasteiger charge is 2.50. The Morgan fingerprint density at radius 1 is 0.351 bits per heavy atom. The van der Waals surface area contributed by atoms with Crippen LogP contribution in [-0.4, -0.2) is 4.57 Å². The van der Waals surface area contributed by atoms with E-state index in [2.05, 4.69) is 228 Å². The van der Waals surface area contributed by atoms with Crippen LogP contribution in [0.2, 0.25) is 0 Å². The van der Waals surface area contributed by atoms with Crippen LogP contribution < -0.4 is 4.90 Å². The maximum Gasteiger partial charge on any atom is 0.0754 e. The summed E-state index contributed by atoms with van der Waals surface area (Å²) in [7, 11) is 0. The largest absolute Gasteiger partial charge is 0.309 e. The Kier molecular flexibility index (Phi) is 6.88. The molecule has 0 radical (unpaired) electrons. The lowest BCUT2D eigenvalue weighted by atomic mass is 9.65. The van der Waals surface area contributed by atoms with Gasteiger partial charge in [-0.15, -0.1) is 0 Å². The van der Waals surface area contributed by atoms with Crippen molar-refractivity contribution in [2.45, 2.75) is 5.41 Å². The fourth-order valence-electron chi connectivity index (χ4n) is 10.2. The molecule has 2 aliphatic rings. The number of nitrogens with zero attached hydrogens (tertiary/aromatic N) is 2. The Bertz CT molecular complexity index is 3150. The topological polar surface area (TPSA) is 8.17 Å². The molecule has 266 valence electrons. The summed E-state index contributed by atoms with van der Waals surface area (Å²) in [5, 5.41) is 2.52. The number of benzene rings is 9. The van der Waals surface area contributed by atoms with Gasteiger partial charge < -0.3 is 9.47 Å². The van der Waals surface area contributed by atoms with E-state index in [1.54, 1.807) is 0 Å². The van der Waals surface area contributed by atoms with E-state index >= 15 is 0 Å². The van der Waals surface area contributed by atoms with Crippen molar-refractivity contribution in [2.24, 2.45) is 0 Å². The van der Waals surface area contributed by atoms with Gasteiger partial charge in [-0.3, -0.25) is 0 Å². The molecule has 0 unspecified atom stereocenters. The van der Waals surface area contributed by atoms with E-state index in [1.807, 2.05) is 0 Å². The first-order chi connectivity index (χ1) is 28.3. The van der Waals surface area contributed by atoms with E-state index in [-0.39, 0.29) is 0 Å². The predicted molar refractivity (Wildman–Crippen MR) is 237 cm³/mol. The normalized spacial score (nSPS) is 13.1. The fraction of sp³-hybridized carbons (Fsp3) is 0.0182. The third-order valence-electron chi connectivity index (χ3n) is 12.4. The van der Waals surface area contributed by atoms with E-state index in [4.69, 9.17) is 0 Å². The number of hydrogen-bond acceptors (Lipinski definition) is 1. The van der Waals surface area contributed by atoms with Crippen LogP contribution in [0, 0.1) is 0 Å². The van der Waals surface area contributed by atoms with Crippen LogP contribution in [0.25, 0.3) is 60.9 Å². The number of rotatable bonds is 5. The second kappa shape index (κ2) is 12.3. The molecule has 0 saturated heterocycles. The Hall–Kier alpha value is -7.42. The number of aromatic nitrogens is 1. The Morgan fingerprint density at radius 3 is 1.56 bits per heavy atom. The number of anilines is 3. The van der Waals surface area contributed by atoms with E-state index in [0.717, 1.165) is 17.1 Å². The first-order valence-corrected chi connectivity index (χ1v) is 19.8. The van der Waals surface area contributed by atoms with Crippen LogP contribution in [0.5, 0.6) is 0 Å². The van der Waals surface area contributed by atoms with Crippen LogP contribution in [-0.2, 0) is 5.41 Å². The van der Waals surface area contributed by atoms with Gasteiger partial charge in [0.2, 0.25) is 0 Å². The lowest BCUT2D eigenvalue weighted by molar-refractivity contribution is 0.748. The van der Waals surface area contributed by atoms with Gasteiger partial charge in [-0.25, -0.2) is 0 Å².